The molecule has 7 nitrogen and oxygen atoms in total. The average molecular weight is 330 g/mol. The zero-order chi connectivity index (χ0) is 16.8. The van der Waals surface area contributed by atoms with Crippen molar-refractivity contribution < 1.29 is 9.53 Å². The summed E-state index contributed by atoms with van der Waals surface area (Å²) in [5.41, 5.74) is 0.233. The van der Waals surface area contributed by atoms with E-state index >= 15 is 0 Å². The maximum absolute atomic E-state index is 12.1. The summed E-state index contributed by atoms with van der Waals surface area (Å²) in [4.78, 5) is 33.2. The van der Waals surface area contributed by atoms with E-state index in [0.29, 0.717) is 17.4 Å². The molecule has 1 aromatic heterocycles. The lowest BCUT2D eigenvalue weighted by Crippen LogP contribution is -2.37. The largest absolute Gasteiger partial charge is 0.379 e. The van der Waals surface area contributed by atoms with Gasteiger partial charge in [0.2, 0.25) is 0 Å². The van der Waals surface area contributed by atoms with Crippen molar-refractivity contribution in [1.29, 1.82) is 0 Å². The highest BCUT2D eigenvalue weighted by Gasteiger charge is 2.11. The minimum absolute atomic E-state index is 0.0619. The Morgan fingerprint density at radius 3 is 2.88 bits per heavy atom. The summed E-state index contributed by atoms with van der Waals surface area (Å²) < 4.78 is 5.31. The first-order valence-corrected chi connectivity index (χ1v) is 8.31. The number of ether oxygens (including phenoxy) is 1. The number of carbonyl (C=O) groups excluding carboxylic acids is 1. The molecule has 2 N–H and O–H groups in total. The van der Waals surface area contributed by atoms with E-state index < -0.39 is 0 Å². The van der Waals surface area contributed by atoms with Gasteiger partial charge in [0.05, 0.1) is 24.1 Å². The number of nitrogens with one attached hydrogen (secondary N) is 2. The molecule has 1 saturated heterocycles. The van der Waals surface area contributed by atoms with E-state index in [-0.39, 0.29) is 17.3 Å². The third kappa shape index (κ3) is 4.18. The first kappa shape index (κ1) is 16.6. The second-order valence-electron chi connectivity index (χ2n) is 5.85. The first-order valence-electron chi connectivity index (χ1n) is 8.31. The number of rotatable bonds is 6. The van der Waals surface area contributed by atoms with Crippen LogP contribution in [0.15, 0.2) is 29.1 Å². The fourth-order valence-corrected chi connectivity index (χ4v) is 2.76. The smallest absolute Gasteiger partial charge is 0.287 e. The molecular weight excluding hydrogens is 308 g/mol. The van der Waals surface area contributed by atoms with Crippen LogP contribution in [0.25, 0.3) is 10.9 Å². The summed E-state index contributed by atoms with van der Waals surface area (Å²) in [5.74, 6) is -0.281. The Kier molecular flexibility index (Phi) is 5.55. The fourth-order valence-electron chi connectivity index (χ4n) is 2.76. The van der Waals surface area contributed by atoms with Crippen LogP contribution >= 0.6 is 0 Å². The van der Waals surface area contributed by atoms with Gasteiger partial charge in [-0.15, -0.1) is 0 Å². The quantitative estimate of drug-likeness (QED) is 0.764. The molecular formula is C17H22N4O3. The molecule has 2 heterocycles. The zero-order valence-electron chi connectivity index (χ0n) is 13.6. The van der Waals surface area contributed by atoms with Gasteiger partial charge in [0.1, 0.15) is 0 Å². The van der Waals surface area contributed by atoms with Gasteiger partial charge in [-0.2, -0.15) is 0 Å². The van der Waals surface area contributed by atoms with Crippen LogP contribution in [-0.2, 0) is 4.74 Å². The van der Waals surface area contributed by atoms with Crippen LogP contribution in [0.3, 0.4) is 0 Å². The van der Waals surface area contributed by atoms with Crippen molar-refractivity contribution in [1.82, 2.24) is 20.2 Å². The Labute approximate surface area is 140 Å². The standard InChI is InChI=1S/C17H22N4O3/c22-16-13-5-1-2-6-14(13)19-15(20-16)17(23)18-7-3-4-8-21-9-11-24-12-10-21/h1-2,5-6H,3-4,7-12H2,(H,18,23)(H,19,20,22). The van der Waals surface area contributed by atoms with Gasteiger partial charge in [-0.1, -0.05) is 12.1 Å². The average Bonchev–Trinajstić information content (AvgIpc) is 2.62. The molecule has 7 heteroatoms. The highest BCUT2D eigenvalue weighted by molar-refractivity contribution is 5.92. The van der Waals surface area contributed by atoms with Crippen molar-refractivity contribution >= 4 is 16.8 Å². The lowest BCUT2D eigenvalue weighted by Gasteiger charge is -2.26. The molecule has 3 rings (SSSR count). The number of aromatic amines is 1. The number of hydrogen-bond donors (Lipinski definition) is 2. The van der Waals surface area contributed by atoms with E-state index in [1.807, 2.05) is 0 Å². The number of amides is 1. The molecule has 1 amide bonds. The summed E-state index contributed by atoms with van der Waals surface area (Å²) in [5, 5.41) is 3.30. The molecule has 2 aromatic rings. The lowest BCUT2D eigenvalue weighted by atomic mass is 10.2. The number of carbonyl (C=O) groups is 1. The van der Waals surface area contributed by atoms with Gasteiger partial charge in [0.25, 0.3) is 11.5 Å². The molecule has 24 heavy (non-hydrogen) atoms. The Hall–Kier alpha value is -2.25. The summed E-state index contributed by atoms with van der Waals surface area (Å²) in [6, 6.07) is 6.98. The van der Waals surface area contributed by atoms with Crippen molar-refractivity contribution in [2.24, 2.45) is 0 Å². The van der Waals surface area contributed by atoms with Gasteiger partial charge in [0, 0.05) is 19.6 Å². The Morgan fingerprint density at radius 1 is 1.25 bits per heavy atom. The number of aromatic nitrogens is 2. The van der Waals surface area contributed by atoms with Crippen LogP contribution in [0.4, 0.5) is 0 Å². The molecule has 0 saturated carbocycles. The molecule has 0 aliphatic carbocycles. The molecule has 1 fully saturated rings. The van der Waals surface area contributed by atoms with Crippen molar-refractivity contribution in [2.45, 2.75) is 12.8 Å². The van der Waals surface area contributed by atoms with E-state index in [9.17, 15) is 9.59 Å². The van der Waals surface area contributed by atoms with Crippen LogP contribution in [0, 0.1) is 0 Å². The number of morpholine rings is 1. The van der Waals surface area contributed by atoms with Gasteiger partial charge in [0.15, 0.2) is 5.82 Å². The van der Waals surface area contributed by atoms with E-state index in [4.69, 9.17) is 4.74 Å². The summed E-state index contributed by atoms with van der Waals surface area (Å²) in [6.07, 6.45) is 1.91. The molecule has 0 unspecified atom stereocenters. The number of unbranched alkanes of at least 4 members (excludes halogenated alkanes) is 1. The number of hydrogen-bond acceptors (Lipinski definition) is 5. The van der Waals surface area contributed by atoms with Crippen LogP contribution in [0.2, 0.25) is 0 Å². The monoisotopic (exact) mass is 330 g/mol. The topological polar surface area (TPSA) is 87.3 Å². The minimum Gasteiger partial charge on any atom is -0.379 e. The molecule has 1 aromatic carbocycles. The Bertz CT molecular complexity index is 753. The number of nitrogens with zero attached hydrogens (tertiary/aromatic N) is 2. The number of fused-ring (bicyclic) bond motifs is 1. The molecule has 0 atom stereocenters. The van der Waals surface area contributed by atoms with Crippen LogP contribution in [-0.4, -0.2) is 60.2 Å². The Balaban J connectivity index is 1.47. The normalized spacial score (nSPS) is 15.5. The number of H-pyrrole nitrogens is 1. The second kappa shape index (κ2) is 8.03. The van der Waals surface area contributed by atoms with Crippen molar-refractivity contribution in [3.8, 4) is 0 Å². The molecule has 0 radical (unpaired) electrons. The fraction of sp³-hybridized carbons (Fsp3) is 0.471. The molecule has 0 bridgehead atoms. The second-order valence-corrected chi connectivity index (χ2v) is 5.85. The predicted octanol–water partition coefficient (Wildman–Crippen LogP) is 0.765. The van der Waals surface area contributed by atoms with Crippen LogP contribution < -0.4 is 10.9 Å². The summed E-state index contributed by atoms with van der Waals surface area (Å²) >= 11 is 0. The molecule has 128 valence electrons. The van der Waals surface area contributed by atoms with Gasteiger partial charge in [-0.05, 0) is 31.5 Å². The number of para-hydroxylation sites is 1. The van der Waals surface area contributed by atoms with E-state index in [2.05, 4.69) is 20.2 Å². The summed E-state index contributed by atoms with van der Waals surface area (Å²) in [7, 11) is 0. The van der Waals surface area contributed by atoms with Gasteiger partial charge in [-0.3, -0.25) is 14.5 Å². The third-order valence-corrected chi connectivity index (χ3v) is 4.12. The van der Waals surface area contributed by atoms with Gasteiger partial charge in [-0.25, -0.2) is 4.98 Å². The first-order chi connectivity index (χ1) is 11.7. The maximum Gasteiger partial charge on any atom is 0.287 e. The molecule has 1 aliphatic rings. The van der Waals surface area contributed by atoms with Gasteiger partial charge >= 0.3 is 0 Å². The molecule has 1 aliphatic heterocycles. The third-order valence-electron chi connectivity index (χ3n) is 4.12. The minimum atomic E-state index is -0.343. The maximum atomic E-state index is 12.1. The SMILES string of the molecule is O=C(NCCCCN1CCOCC1)c1nc2ccccc2c(=O)[nH]1. The highest BCUT2D eigenvalue weighted by atomic mass is 16.5. The van der Waals surface area contributed by atoms with Gasteiger partial charge < -0.3 is 15.0 Å². The van der Waals surface area contributed by atoms with Crippen LogP contribution in [0.5, 0.6) is 0 Å². The predicted molar refractivity (Wildman–Crippen MR) is 91.2 cm³/mol. The van der Waals surface area contributed by atoms with Crippen molar-refractivity contribution in [3.63, 3.8) is 0 Å². The van der Waals surface area contributed by atoms with Crippen LogP contribution in [0.1, 0.15) is 23.5 Å². The lowest BCUT2D eigenvalue weighted by molar-refractivity contribution is 0.0372. The molecule has 0 spiro atoms. The zero-order valence-corrected chi connectivity index (χ0v) is 13.6. The van der Waals surface area contributed by atoms with E-state index in [0.717, 1.165) is 45.7 Å². The van der Waals surface area contributed by atoms with Crippen molar-refractivity contribution in [3.05, 3.63) is 40.4 Å². The highest BCUT2D eigenvalue weighted by Crippen LogP contribution is 2.05. The Morgan fingerprint density at radius 2 is 2.04 bits per heavy atom. The van der Waals surface area contributed by atoms with E-state index in [1.165, 1.54) is 0 Å². The summed E-state index contributed by atoms with van der Waals surface area (Å²) in [6.45, 7) is 5.16. The number of benzene rings is 1. The van der Waals surface area contributed by atoms with E-state index in [1.54, 1.807) is 24.3 Å². The van der Waals surface area contributed by atoms with Crippen molar-refractivity contribution in [2.75, 3.05) is 39.4 Å².